The van der Waals surface area contributed by atoms with Gasteiger partial charge < -0.3 is 5.32 Å². The van der Waals surface area contributed by atoms with E-state index in [0.717, 1.165) is 25.8 Å². The van der Waals surface area contributed by atoms with Crippen LogP contribution in [0.5, 0.6) is 0 Å². The zero-order valence-electron chi connectivity index (χ0n) is 10.2. The van der Waals surface area contributed by atoms with Gasteiger partial charge in [0.2, 0.25) is 5.91 Å². The van der Waals surface area contributed by atoms with Crippen molar-refractivity contribution in [1.29, 1.82) is 0 Å². The molecule has 1 saturated heterocycles. The van der Waals surface area contributed by atoms with E-state index in [1.807, 2.05) is 0 Å². The number of rotatable bonds is 0. The summed E-state index contributed by atoms with van der Waals surface area (Å²) in [6.07, 6.45) is 12.3. The Balaban J connectivity index is 0.00000196. The summed E-state index contributed by atoms with van der Waals surface area (Å²) < 4.78 is 0. The van der Waals surface area contributed by atoms with Crippen LogP contribution >= 0.6 is 0 Å². The van der Waals surface area contributed by atoms with Crippen LogP contribution in [0.4, 0.5) is 0 Å². The number of carbonyl (C=O) groups excluding carboxylic acids is 1. The molecular formula is C12H23KNO. The van der Waals surface area contributed by atoms with E-state index in [1.165, 1.54) is 44.9 Å². The Morgan fingerprint density at radius 1 is 0.733 bits per heavy atom. The van der Waals surface area contributed by atoms with E-state index < -0.39 is 0 Å². The number of amides is 1. The summed E-state index contributed by atoms with van der Waals surface area (Å²) in [6.45, 7) is 0.888. The second-order valence-electron chi connectivity index (χ2n) is 4.28. The molecule has 1 rings (SSSR count). The fraction of sp³-hybridized carbons (Fsp3) is 0.917. The average molecular weight is 236 g/mol. The van der Waals surface area contributed by atoms with Crippen LogP contribution in [0.2, 0.25) is 0 Å². The quantitative estimate of drug-likeness (QED) is 0.644. The Morgan fingerprint density at radius 3 is 1.80 bits per heavy atom. The van der Waals surface area contributed by atoms with E-state index in [2.05, 4.69) is 5.32 Å². The Labute approximate surface area is 136 Å². The molecule has 0 atom stereocenters. The minimum atomic E-state index is 0. The molecule has 0 aromatic carbocycles. The standard InChI is InChI=1S/C12H23NO.K/c14-12-10-8-6-4-2-1-3-5-7-9-11-13-12;/h1-11H2,(H,13,14);. The molecule has 1 aliphatic rings. The molecule has 1 radical (unpaired) electrons. The Hall–Kier alpha value is 1.11. The summed E-state index contributed by atoms with van der Waals surface area (Å²) in [5, 5.41) is 2.98. The molecular weight excluding hydrogens is 213 g/mol. The largest absolute Gasteiger partial charge is 0.356 e. The Bertz CT molecular complexity index is 146. The van der Waals surface area contributed by atoms with Crippen LogP contribution < -0.4 is 5.32 Å². The fourth-order valence-electron chi connectivity index (χ4n) is 1.96. The van der Waals surface area contributed by atoms with Crippen LogP contribution in [-0.4, -0.2) is 63.8 Å². The molecule has 1 fully saturated rings. The molecule has 0 unspecified atom stereocenters. The van der Waals surface area contributed by atoms with Crippen LogP contribution in [0.1, 0.15) is 64.2 Å². The molecule has 83 valence electrons. The molecule has 0 saturated carbocycles. The van der Waals surface area contributed by atoms with Gasteiger partial charge in [-0.15, -0.1) is 0 Å². The summed E-state index contributed by atoms with van der Waals surface area (Å²) in [5.74, 6) is 0.254. The van der Waals surface area contributed by atoms with Crippen LogP contribution in [0.3, 0.4) is 0 Å². The second-order valence-corrected chi connectivity index (χ2v) is 4.28. The van der Waals surface area contributed by atoms with Gasteiger partial charge in [-0.05, 0) is 12.8 Å². The first kappa shape index (κ1) is 16.1. The van der Waals surface area contributed by atoms with Crippen LogP contribution in [-0.2, 0) is 4.79 Å². The van der Waals surface area contributed by atoms with E-state index in [1.54, 1.807) is 0 Å². The predicted octanol–water partition coefficient (Wildman–Crippen LogP) is 2.64. The van der Waals surface area contributed by atoms with Crippen molar-refractivity contribution in [2.24, 2.45) is 0 Å². The van der Waals surface area contributed by atoms with E-state index >= 15 is 0 Å². The summed E-state index contributed by atoms with van der Waals surface area (Å²) in [4.78, 5) is 11.3. The molecule has 1 amide bonds. The van der Waals surface area contributed by atoms with Crippen molar-refractivity contribution in [3.05, 3.63) is 0 Å². The molecule has 0 bridgehead atoms. The summed E-state index contributed by atoms with van der Waals surface area (Å²) in [5.41, 5.74) is 0. The van der Waals surface area contributed by atoms with E-state index in [-0.39, 0.29) is 57.3 Å². The van der Waals surface area contributed by atoms with Gasteiger partial charge in [0.25, 0.3) is 0 Å². The third-order valence-electron chi connectivity index (χ3n) is 2.90. The monoisotopic (exact) mass is 236 g/mol. The topological polar surface area (TPSA) is 29.1 Å². The van der Waals surface area contributed by atoms with Crippen LogP contribution in [0.25, 0.3) is 0 Å². The molecule has 1 aliphatic heterocycles. The van der Waals surface area contributed by atoms with Crippen molar-refractivity contribution in [3.63, 3.8) is 0 Å². The van der Waals surface area contributed by atoms with Gasteiger partial charge in [0.1, 0.15) is 0 Å². The molecule has 3 heteroatoms. The zero-order valence-corrected chi connectivity index (χ0v) is 13.3. The zero-order chi connectivity index (χ0) is 10.1. The Kier molecular flexibility index (Phi) is 12.4. The second kappa shape index (κ2) is 11.6. The molecule has 0 aliphatic carbocycles. The van der Waals surface area contributed by atoms with Crippen LogP contribution in [0, 0.1) is 0 Å². The number of hydrogen-bond acceptors (Lipinski definition) is 1. The minimum absolute atomic E-state index is 0. The number of hydrogen-bond donors (Lipinski definition) is 1. The van der Waals surface area contributed by atoms with Gasteiger partial charge in [-0.25, -0.2) is 0 Å². The molecule has 0 aromatic heterocycles. The van der Waals surface area contributed by atoms with Gasteiger partial charge in [-0.1, -0.05) is 44.9 Å². The van der Waals surface area contributed by atoms with Gasteiger partial charge in [0, 0.05) is 64.4 Å². The van der Waals surface area contributed by atoms with Crippen molar-refractivity contribution >= 4 is 57.3 Å². The Morgan fingerprint density at radius 2 is 1.20 bits per heavy atom. The average Bonchev–Trinajstić information content (AvgIpc) is 2.20. The van der Waals surface area contributed by atoms with Crippen molar-refractivity contribution in [2.75, 3.05) is 6.54 Å². The predicted molar refractivity (Wildman–Crippen MR) is 64.9 cm³/mol. The van der Waals surface area contributed by atoms with Gasteiger partial charge in [0.15, 0.2) is 0 Å². The SMILES string of the molecule is O=C1CCCCCCCCCCCN1.[K]. The van der Waals surface area contributed by atoms with Gasteiger partial charge >= 0.3 is 0 Å². The van der Waals surface area contributed by atoms with E-state index in [0.29, 0.717) is 0 Å². The number of nitrogens with one attached hydrogen (secondary N) is 1. The van der Waals surface area contributed by atoms with Crippen molar-refractivity contribution in [1.82, 2.24) is 5.32 Å². The first-order chi connectivity index (χ1) is 6.89. The smallest absolute Gasteiger partial charge is 0.219 e. The normalized spacial score (nSPS) is 21.2. The minimum Gasteiger partial charge on any atom is -0.356 e. The van der Waals surface area contributed by atoms with Gasteiger partial charge in [0.05, 0.1) is 0 Å². The van der Waals surface area contributed by atoms with Crippen molar-refractivity contribution in [2.45, 2.75) is 64.2 Å². The van der Waals surface area contributed by atoms with E-state index in [9.17, 15) is 4.79 Å². The summed E-state index contributed by atoms with van der Waals surface area (Å²) in [6, 6.07) is 0. The molecule has 0 aromatic rings. The number of carbonyl (C=O) groups is 1. The van der Waals surface area contributed by atoms with Gasteiger partial charge in [-0.3, -0.25) is 4.79 Å². The molecule has 1 heterocycles. The maximum atomic E-state index is 11.3. The van der Waals surface area contributed by atoms with Gasteiger partial charge in [-0.2, -0.15) is 0 Å². The van der Waals surface area contributed by atoms with Crippen molar-refractivity contribution < 1.29 is 4.79 Å². The maximum Gasteiger partial charge on any atom is 0.219 e. The first-order valence-corrected chi connectivity index (χ1v) is 6.16. The first-order valence-electron chi connectivity index (χ1n) is 6.16. The van der Waals surface area contributed by atoms with Crippen LogP contribution in [0.15, 0.2) is 0 Å². The molecule has 15 heavy (non-hydrogen) atoms. The molecule has 2 nitrogen and oxygen atoms in total. The third-order valence-corrected chi connectivity index (χ3v) is 2.90. The maximum absolute atomic E-state index is 11.3. The third kappa shape index (κ3) is 10.0. The van der Waals surface area contributed by atoms with E-state index in [4.69, 9.17) is 0 Å². The molecule has 1 N–H and O–H groups in total. The summed E-state index contributed by atoms with van der Waals surface area (Å²) >= 11 is 0. The van der Waals surface area contributed by atoms with Crippen molar-refractivity contribution in [3.8, 4) is 0 Å². The fourth-order valence-corrected chi connectivity index (χ4v) is 1.96. The molecule has 0 spiro atoms. The summed E-state index contributed by atoms with van der Waals surface area (Å²) in [7, 11) is 0.